The summed E-state index contributed by atoms with van der Waals surface area (Å²) < 4.78 is 2.17. The van der Waals surface area contributed by atoms with Crippen LogP contribution in [-0.2, 0) is 0 Å². The van der Waals surface area contributed by atoms with Gasteiger partial charge in [-0.05, 0) is 39.0 Å². The summed E-state index contributed by atoms with van der Waals surface area (Å²) in [5.74, 6) is 0. The minimum absolute atomic E-state index is 0.447. The van der Waals surface area contributed by atoms with E-state index in [4.69, 9.17) is 0 Å². The zero-order valence-electron chi connectivity index (χ0n) is 9.94. The van der Waals surface area contributed by atoms with E-state index in [-0.39, 0.29) is 0 Å². The molecule has 0 spiro atoms. The normalized spacial score (nSPS) is 12.8. The first-order valence-electron chi connectivity index (χ1n) is 5.53. The fourth-order valence-electron chi connectivity index (χ4n) is 2.09. The van der Waals surface area contributed by atoms with E-state index in [1.807, 2.05) is 24.3 Å². The standard InChI is InChI=1S/C14H17NO/c1-10-8-9-11(2)15(10)14-7-5-4-6-13(14)12(3)16/h4-9,12,16H,1-3H3. The molecule has 0 fully saturated rings. The fraction of sp³-hybridized carbons (Fsp3) is 0.286. The van der Waals surface area contributed by atoms with Crippen molar-refractivity contribution < 1.29 is 5.11 Å². The summed E-state index contributed by atoms with van der Waals surface area (Å²) in [6, 6.07) is 12.2. The Bertz CT molecular complexity index is 478. The van der Waals surface area contributed by atoms with Crippen molar-refractivity contribution in [3.63, 3.8) is 0 Å². The van der Waals surface area contributed by atoms with Gasteiger partial charge in [-0.25, -0.2) is 0 Å². The topological polar surface area (TPSA) is 25.2 Å². The van der Waals surface area contributed by atoms with Crippen LogP contribution in [0.15, 0.2) is 36.4 Å². The molecule has 0 amide bonds. The molecule has 0 aliphatic heterocycles. The number of aliphatic hydroxyl groups is 1. The van der Waals surface area contributed by atoms with Crippen LogP contribution in [0, 0.1) is 13.8 Å². The van der Waals surface area contributed by atoms with Gasteiger partial charge in [-0.1, -0.05) is 18.2 Å². The molecule has 84 valence electrons. The number of aromatic nitrogens is 1. The van der Waals surface area contributed by atoms with E-state index in [0.29, 0.717) is 0 Å². The van der Waals surface area contributed by atoms with E-state index in [1.54, 1.807) is 6.92 Å². The SMILES string of the molecule is Cc1ccc(C)n1-c1ccccc1C(C)O. The molecule has 2 aromatic rings. The summed E-state index contributed by atoms with van der Waals surface area (Å²) >= 11 is 0. The summed E-state index contributed by atoms with van der Waals surface area (Å²) in [5, 5.41) is 9.77. The monoisotopic (exact) mass is 215 g/mol. The lowest BCUT2D eigenvalue weighted by Crippen LogP contribution is -2.05. The Labute approximate surface area is 96.2 Å². The maximum atomic E-state index is 9.77. The van der Waals surface area contributed by atoms with Crippen LogP contribution < -0.4 is 0 Å². The molecule has 1 atom stereocenters. The van der Waals surface area contributed by atoms with Crippen LogP contribution in [0.5, 0.6) is 0 Å². The van der Waals surface area contributed by atoms with Crippen LogP contribution in [0.1, 0.15) is 30.0 Å². The summed E-state index contributed by atoms with van der Waals surface area (Å²) in [6.07, 6.45) is -0.447. The highest BCUT2D eigenvalue weighted by Gasteiger charge is 2.11. The minimum Gasteiger partial charge on any atom is -0.389 e. The van der Waals surface area contributed by atoms with Crippen molar-refractivity contribution in [2.45, 2.75) is 26.9 Å². The number of hydrogen-bond donors (Lipinski definition) is 1. The third kappa shape index (κ3) is 1.76. The predicted octanol–water partition coefficient (Wildman–Crippen LogP) is 3.15. The molecule has 0 saturated heterocycles. The molecular weight excluding hydrogens is 198 g/mol. The van der Waals surface area contributed by atoms with Gasteiger partial charge in [0.2, 0.25) is 0 Å². The molecule has 1 N–H and O–H groups in total. The largest absolute Gasteiger partial charge is 0.389 e. The average Bonchev–Trinajstić information content (AvgIpc) is 2.58. The molecule has 16 heavy (non-hydrogen) atoms. The first-order chi connectivity index (χ1) is 7.61. The molecule has 1 aromatic heterocycles. The van der Waals surface area contributed by atoms with Gasteiger partial charge < -0.3 is 9.67 Å². The van der Waals surface area contributed by atoms with Crippen molar-refractivity contribution in [2.75, 3.05) is 0 Å². The number of aryl methyl sites for hydroxylation is 2. The van der Waals surface area contributed by atoms with Gasteiger partial charge in [0.25, 0.3) is 0 Å². The molecule has 2 nitrogen and oxygen atoms in total. The van der Waals surface area contributed by atoms with Crippen molar-refractivity contribution in [1.82, 2.24) is 4.57 Å². The van der Waals surface area contributed by atoms with Crippen molar-refractivity contribution in [3.8, 4) is 5.69 Å². The first-order valence-corrected chi connectivity index (χ1v) is 5.53. The number of aliphatic hydroxyl groups excluding tert-OH is 1. The van der Waals surface area contributed by atoms with E-state index in [9.17, 15) is 5.11 Å². The molecule has 2 heteroatoms. The van der Waals surface area contributed by atoms with E-state index in [1.165, 1.54) is 11.4 Å². The molecule has 0 saturated carbocycles. The van der Waals surface area contributed by atoms with E-state index in [0.717, 1.165) is 11.3 Å². The van der Waals surface area contributed by atoms with Crippen LogP contribution in [-0.4, -0.2) is 9.67 Å². The maximum Gasteiger partial charge on any atom is 0.0782 e. The lowest BCUT2D eigenvalue weighted by Gasteiger charge is -2.16. The second-order valence-electron chi connectivity index (χ2n) is 4.19. The number of para-hydroxylation sites is 1. The van der Waals surface area contributed by atoms with E-state index < -0.39 is 6.10 Å². The highest BCUT2D eigenvalue weighted by Crippen LogP contribution is 2.24. The van der Waals surface area contributed by atoms with Crippen LogP contribution in [0.25, 0.3) is 5.69 Å². The van der Waals surface area contributed by atoms with Crippen molar-refractivity contribution in [1.29, 1.82) is 0 Å². The van der Waals surface area contributed by atoms with Crippen molar-refractivity contribution in [3.05, 3.63) is 53.3 Å². The van der Waals surface area contributed by atoms with Gasteiger partial charge in [0, 0.05) is 17.0 Å². The van der Waals surface area contributed by atoms with Gasteiger partial charge in [0.15, 0.2) is 0 Å². The summed E-state index contributed by atoms with van der Waals surface area (Å²) in [4.78, 5) is 0. The highest BCUT2D eigenvalue weighted by molar-refractivity contribution is 5.45. The minimum atomic E-state index is -0.447. The molecule has 0 bridgehead atoms. The van der Waals surface area contributed by atoms with Gasteiger partial charge in [0.05, 0.1) is 11.8 Å². The van der Waals surface area contributed by atoms with Gasteiger partial charge >= 0.3 is 0 Å². The summed E-state index contributed by atoms with van der Waals surface area (Å²) in [7, 11) is 0. The predicted molar refractivity (Wildman–Crippen MR) is 65.9 cm³/mol. The maximum absolute atomic E-state index is 9.77. The highest BCUT2D eigenvalue weighted by atomic mass is 16.3. The van der Waals surface area contributed by atoms with Gasteiger partial charge in [-0.3, -0.25) is 0 Å². The molecule has 0 radical (unpaired) electrons. The molecule has 2 rings (SSSR count). The Morgan fingerprint density at radius 2 is 1.56 bits per heavy atom. The average molecular weight is 215 g/mol. The third-order valence-electron chi connectivity index (χ3n) is 2.90. The van der Waals surface area contributed by atoms with Crippen LogP contribution in [0.2, 0.25) is 0 Å². The molecular formula is C14H17NO. The molecule has 0 aliphatic rings. The Kier molecular flexibility index (Phi) is 2.84. The van der Waals surface area contributed by atoms with Crippen molar-refractivity contribution >= 4 is 0 Å². The number of benzene rings is 1. The second-order valence-corrected chi connectivity index (χ2v) is 4.19. The molecule has 0 aliphatic carbocycles. The smallest absolute Gasteiger partial charge is 0.0782 e. The van der Waals surface area contributed by atoms with Crippen LogP contribution in [0.4, 0.5) is 0 Å². The fourth-order valence-corrected chi connectivity index (χ4v) is 2.09. The van der Waals surface area contributed by atoms with Gasteiger partial charge in [-0.2, -0.15) is 0 Å². The first kappa shape index (κ1) is 11.0. The Hall–Kier alpha value is -1.54. The summed E-state index contributed by atoms with van der Waals surface area (Å²) in [5.41, 5.74) is 4.40. The molecule has 1 heterocycles. The lowest BCUT2D eigenvalue weighted by molar-refractivity contribution is 0.199. The Morgan fingerprint density at radius 3 is 2.12 bits per heavy atom. The third-order valence-corrected chi connectivity index (χ3v) is 2.90. The number of hydrogen-bond acceptors (Lipinski definition) is 1. The summed E-state index contributed by atoms with van der Waals surface area (Å²) in [6.45, 7) is 5.95. The Balaban J connectivity index is 2.64. The number of rotatable bonds is 2. The van der Waals surface area contributed by atoms with E-state index >= 15 is 0 Å². The van der Waals surface area contributed by atoms with Crippen LogP contribution in [0.3, 0.4) is 0 Å². The van der Waals surface area contributed by atoms with Gasteiger partial charge in [0.1, 0.15) is 0 Å². The second kappa shape index (κ2) is 4.14. The zero-order chi connectivity index (χ0) is 11.7. The van der Waals surface area contributed by atoms with E-state index in [2.05, 4.69) is 30.5 Å². The number of nitrogens with zero attached hydrogens (tertiary/aromatic N) is 1. The van der Waals surface area contributed by atoms with Crippen molar-refractivity contribution in [2.24, 2.45) is 0 Å². The molecule has 1 unspecified atom stereocenters. The van der Waals surface area contributed by atoms with Crippen LogP contribution >= 0.6 is 0 Å². The quantitative estimate of drug-likeness (QED) is 0.818. The lowest BCUT2D eigenvalue weighted by atomic mass is 10.1. The molecule has 1 aromatic carbocycles. The van der Waals surface area contributed by atoms with Gasteiger partial charge in [-0.15, -0.1) is 0 Å². The Morgan fingerprint density at radius 1 is 1.00 bits per heavy atom. The zero-order valence-corrected chi connectivity index (χ0v) is 9.94.